The van der Waals surface area contributed by atoms with E-state index in [0.717, 1.165) is 25.7 Å². The Morgan fingerprint density at radius 2 is 1.79 bits per heavy atom. The second-order valence-electron chi connectivity index (χ2n) is 12.2. The zero-order valence-corrected chi connectivity index (χ0v) is 21.4. The number of carbonyl (C=O) groups is 2. The monoisotopic (exact) mass is 553 g/mol. The predicted molar refractivity (Wildman–Crippen MR) is 129 cm³/mol. The number of rotatable bonds is 9. The molecule has 0 bridgehead atoms. The summed E-state index contributed by atoms with van der Waals surface area (Å²) in [4.78, 5) is 30.0. The van der Waals surface area contributed by atoms with E-state index in [1.807, 2.05) is 0 Å². The highest BCUT2D eigenvalue weighted by atomic mass is 19.4. The molecule has 0 radical (unpaired) electrons. The maximum Gasteiger partial charge on any atom is 0.389 e. The first kappa shape index (κ1) is 26.4. The Morgan fingerprint density at radius 1 is 1.10 bits per heavy atom. The lowest BCUT2D eigenvalue weighted by Crippen LogP contribution is -2.39. The van der Waals surface area contributed by atoms with Crippen molar-refractivity contribution in [2.45, 2.75) is 94.7 Å². The number of carbonyl (C=O) groups excluding carboxylic acids is 2. The summed E-state index contributed by atoms with van der Waals surface area (Å²) in [5, 5.41) is 7.20. The Labute approximate surface area is 222 Å². The number of nitrogens with two attached hydrogens (primary N) is 1. The maximum absolute atomic E-state index is 14.0. The third-order valence-electron chi connectivity index (χ3n) is 9.58. The Balaban J connectivity index is 1.29. The number of primary amides is 1. The summed E-state index contributed by atoms with van der Waals surface area (Å²) in [6.07, 6.45) is 1.28. The summed E-state index contributed by atoms with van der Waals surface area (Å²) in [5.74, 6) is -4.22. The normalized spacial score (nSPS) is 27.3. The van der Waals surface area contributed by atoms with Crippen molar-refractivity contribution >= 4 is 17.5 Å². The van der Waals surface area contributed by atoms with Crippen molar-refractivity contribution in [1.29, 1.82) is 0 Å². The van der Waals surface area contributed by atoms with Gasteiger partial charge in [0, 0.05) is 25.2 Å². The molecule has 212 valence electrons. The van der Waals surface area contributed by atoms with E-state index >= 15 is 0 Å². The Hall–Kier alpha value is -2.79. The third kappa shape index (κ3) is 4.88. The van der Waals surface area contributed by atoms with Gasteiger partial charge in [-0.2, -0.15) is 18.3 Å². The average molecular weight is 554 g/mol. The quantitative estimate of drug-likeness (QED) is 0.417. The van der Waals surface area contributed by atoms with E-state index in [1.165, 1.54) is 0 Å². The van der Waals surface area contributed by atoms with Crippen molar-refractivity contribution in [3.63, 3.8) is 0 Å². The van der Waals surface area contributed by atoms with Crippen LogP contribution in [0, 0.1) is 22.7 Å². The minimum atomic E-state index is -4.41. The van der Waals surface area contributed by atoms with Gasteiger partial charge in [-0.15, -0.1) is 0 Å². The van der Waals surface area contributed by atoms with Gasteiger partial charge >= 0.3 is 6.18 Å². The van der Waals surface area contributed by atoms with Crippen molar-refractivity contribution in [3.8, 4) is 0 Å². The molecule has 2 aromatic rings. The smallest absolute Gasteiger partial charge is 0.369 e. The van der Waals surface area contributed by atoms with Gasteiger partial charge in [0.25, 0.3) is 0 Å². The van der Waals surface area contributed by atoms with Crippen molar-refractivity contribution in [3.05, 3.63) is 29.7 Å². The van der Waals surface area contributed by atoms with Crippen LogP contribution in [0.5, 0.6) is 0 Å². The molecule has 1 spiro atoms. The van der Waals surface area contributed by atoms with Crippen LogP contribution in [0.4, 0.5) is 22.0 Å². The molecule has 3 atom stereocenters. The summed E-state index contributed by atoms with van der Waals surface area (Å²) in [6.45, 7) is 0. The molecular weight excluding hydrogens is 521 g/mol. The fraction of sp³-hybridized carbons (Fsp3) is 0.704. The number of hydrogen-bond acceptors (Lipinski definition) is 4. The molecule has 4 aliphatic carbocycles. The lowest BCUT2D eigenvalue weighted by molar-refractivity contribution is -0.144. The van der Waals surface area contributed by atoms with Crippen LogP contribution < -0.4 is 11.1 Å². The first-order valence-electron chi connectivity index (χ1n) is 13.7. The zero-order valence-electron chi connectivity index (χ0n) is 21.4. The molecule has 2 aromatic heterocycles. The minimum Gasteiger partial charge on any atom is -0.369 e. The SMILES string of the molecule is NC(=O)C1([C@@H](c2cn3ncc([C@H](NC(=O)CCC(F)(F)F)C4CC4)cc3n2)C2CCC(F)(F)CC2)CC12CC2. The van der Waals surface area contributed by atoms with Crippen molar-refractivity contribution in [1.82, 2.24) is 19.9 Å². The van der Waals surface area contributed by atoms with E-state index in [-0.39, 0.29) is 48.9 Å². The molecule has 0 aliphatic heterocycles. The zero-order chi connectivity index (χ0) is 27.8. The molecule has 2 heterocycles. The van der Waals surface area contributed by atoms with Gasteiger partial charge in [-0.05, 0) is 73.8 Å². The molecule has 0 aromatic carbocycles. The molecule has 4 saturated carbocycles. The third-order valence-corrected chi connectivity index (χ3v) is 9.58. The molecule has 2 amide bonds. The standard InChI is InChI=1S/C27H32F5N5O2/c28-25(29)6-3-15(4-7-25)21(26(23(33)39)14-24(26)9-10-24)18-13-37-19(35-18)11-17(12-34-37)22(16-1-2-16)36-20(38)5-8-27(30,31)32/h11-13,15-16,21-22H,1-10,14H2,(H2,33,39)(H,36,38)/t21-,22-,26?/m1/s1. The minimum absolute atomic E-state index is 0.106. The molecule has 3 N–H and O–H groups in total. The number of aromatic nitrogens is 3. The Morgan fingerprint density at radius 3 is 2.36 bits per heavy atom. The van der Waals surface area contributed by atoms with E-state index in [1.54, 1.807) is 23.0 Å². The second-order valence-corrected chi connectivity index (χ2v) is 12.2. The van der Waals surface area contributed by atoms with Gasteiger partial charge in [0.1, 0.15) is 0 Å². The lowest BCUT2D eigenvalue weighted by atomic mass is 9.68. The highest BCUT2D eigenvalue weighted by Gasteiger charge is 2.80. The number of alkyl halides is 5. The number of fused-ring (bicyclic) bond motifs is 1. The predicted octanol–water partition coefficient (Wildman–Crippen LogP) is 5.20. The van der Waals surface area contributed by atoms with Crippen molar-refractivity contribution < 1.29 is 31.5 Å². The van der Waals surface area contributed by atoms with Crippen LogP contribution >= 0.6 is 0 Å². The second kappa shape index (κ2) is 8.86. The van der Waals surface area contributed by atoms with Gasteiger partial charge in [0.05, 0.1) is 36.0 Å². The van der Waals surface area contributed by atoms with Crippen molar-refractivity contribution in [2.75, 3.05) is 0 Å². The van der Waals surface area contributed by atoms with E-state index in [4.69, 9.17) is 10.7 Å². The van der Waals surface area contributed by atoms with Crippen LogP contribution in [0.15, 0.2) is 18.5 Å². The van der Waals surface area contributed by atoms with Gasteiger partial charge in [-0.25, -0.2) is 18.3 Å². The molecule has 39 heavy (non-hydrogen) atoms. The lowest BCUT2D eigenvalue weighted by Gasteiger charge is -2.37. The molecular formula is C27H32F5N5O2. The number of nitrogens with one attached hydrogen (secondary N) is 1. The van der Waals surface area contributed by atoms with Gasteiger partial charge in [-0.1, -0.05) is 0 Å². The molecule has 1 unspecified atom stereocenters. The first-order chi connectivity index (χ1) is 18.3. The molecule has 0 saturated heterocycles. The first-order valence-corrected chi connectivity index (χ1v) is 13.7. The largest absolute Gasteiger partial charge is 0.389 e. The summed E-state index contributed by atoms with van der Waals surface area (Å²) in [6, 6.07) is 1.28. The van der Waals surface area contributed by atoms with E-state index in [0.29, 0.717) is 23.3 Å². The van der Waals surface area contributed by atoms with Crippen LogP contribution in [0.3, 0.4) is 0 Å². The van der Waals surface area contributed by atoms with Crippen LogP contribution in [0.2, 0.25) is 0 Å². The Kier molecular flexibility index (Phi) is 6.00. The number of halogens is 5. The fourth-order valence-electron chi connectivity index (χ4n) is 7.13. The van der Waals surface area contributed by atoms with Crippen LogP contribution in [-0.2, 0) is 9.59 Å². The maximum atomic E-state index is 14.0. The number of imidazole rings is 1. The topological polar surface area (TPSA) is 102 Å². The Bertz CT molecular complexity index is 1290. The summed E-state index contributed by atoms with van der Waals surface area (Å²) < 4.78 is 67.4. The molecule has 4 aliphatic rings. The van der Waals surface area contributed by atoms with E-state index in [2.05, 4.69) is 10.4 Å². The molecule has 12 heteroatoms. The van der Waals surface area contributed by atoms with Gasteiger partial charge in [0.2, 0.25) is 17.7 Å². The average Bonchev–Trinajstić information content (AvgIpc) is 3.79. The fourth-order valence-corrected chi connectivity index (χ4v) is 7.13. The highest BCUT2D eigenvalue weighted by Crippen LogP contribution is 2.83. The molecule has 6 rings (SSSR count). The van der Waals surface area contributed by atoms with Gasteiger partial charge in [0.15, 0.2) is 5.65 Å². The van der Waals surface area contributed by atoms with Gasteiger partial charge in [-0.3, -0.25) is 9.59 Å². The van der Waals surface area contributed by atoms with Crippen LogP contribution in [0.1, 0.15) is 93.8 Å². The van der Waals surface area contributed by atoms with E-state index in [9.17, 15) is 31.5 Å². The van der Waals surface area contributed by atoms with Crippen LogP contribution in [-0.4, -0.2) is 38.5 Å². The van der Waals surface area contributed by atoms with Crippen molar-refractivity contribution in [2.24, 2.45) is 28.4 Å². The summed E-state index contributed by atoms with van der Waals surface area (Å²) in [7, 11) is 0. The number of nitrogens with zero attached hydrogens (tertiary/aromatic N) is 3. The molecule has 4 fully saturated rings. The van der Waals surface area contributed by atoms with Gasteiger partial charge < -0.3 is 11.1 Å². The highest BCUT2D eigenvalue weighted by molar-refractivity contribution is 5.88. The van der Waals surface area contributed by atoms with E-state index < -0.39 is 48.2 Å². The summed E-state index contributed by atoms with van der Waals surface area (Å²) >= 11 is 0. The molecule has 7 nitrogen and oxygen atoms in total. The number of amides is 2. The summed E-state index contributed by atoms with van der Waals surface area (Å²) in [5.41, 5.74) is 6.76. The van der Waals surface area contributed by atoms with Crippen LogP contribution in [0.25, 0.3) is 5.65 Å². The number of hydrogen-bond donors (Lipinski definition) is 2.